The molecule has 3 nitrogen and oxygen atoms in total. The maximum absolute atomic E-state index is 13.8. The molecule has 1 aliphatic carbocycles. The van der Waals surface area contributed by atoms with Crippen molar-refractivity contribution in [3.63, 3.8) is 0 Å². The Morgan fingerprint density at radius 1 is 1.00 bits per heavy atom. The van der Waals surface area contributed by atoms with Crippen molar-refractivity contribution >= 4 is 16.4 Å². The van der Waals surface area contributed by atoms with E-state index < -0.39 is 23.2 Å². The van der Waals surface area contributed by atoms with Gasteiger partial charge in [-0.3, -0.25) is 0 Å². The van der Waals surface area contributed by atoms with Crippen molar-refractivity contribution in [2.24, 2.45) is 0 Å². The highest BCUT2D eigenvalue weighted by atomic mass is 32.2. The summed E-state index contributed by atoms with van der Waals surface area (Å²) >= 11 is 0. The van der Waals surface area contributed by atoms with E-state index in [1.807, 2.05) is 26.0 Å². The molecular formula is C25H25F2O3S+. The molecular weight excluding hydrogens is 418 g/mol. The van der Waals surface area contributed by atoms with Gasteiger partial charge in [-0.25, -0.2) is 13.6 Å². The number of esters is 1. The molecule has 0 radical (unpaired) electrons. The molecule has 0 unspecified atom stereocenters. The zero-order chi connectivity index (χ0) is 22.0. The first-order chi connectivity index (χ1) is 14.9. The quantitative estimate of drug-likeness (QED) is 0.314. The number of aryl methyl sites for hydroxylation is 2. The van der Waals surface area contributed by atoms with Crippen LogP contribution in [0.15, 0.2) is 53.2 Å². The summed E-state index contributed by atoms with van der Waals surface area (Å²) in [6.07, 6.45) is 2.88. The van der Waals surface area contributed by atoms with Crippen LogP contribution < -0.4 is 4.74 Å². The fourth-order valence-corrected chi connectivity index (χ4v) is 5.84. The van der Waals surface area contributed by atoms with Crippen molar-refractivity contribution in [1.82, 2.24) is 0 Å². The lowest BCUT2D eigenvalue weighted by Gasteiger charge is -2.30. The van der Waals surface area contributed by atoms with E-state index in [1.54, 1.807) is 0 Å². The van der Waals surface area contributed by atoms with Crippen molar-refractivity contribution in [3.05, 3.63) is 81.5 Å². The van der Waals surface area contributed by atoms with E-state index in [0.29, 0.717) is 24.2 Å². The van der Waals surface area contributed by atoms with E-state index in [-0.39, 0.29) is 17.1 Å². The van der Waals surface area contributed by atoms with Gasteiger partial charge in [0.1, 0.15) is 22.1 Å². The van der Waals surface area contributed by atoms with Crippen LogP contribution in [0.4, 0.5) is 8.78 Å². The number of carbonyl (C=O) groups excluding carboxylic acids is 1. The van der Waals surface area contributed by atoms with Crippen molar-refractivity contribution in [1.29, 1.82) is 0 Å². The smallest absolute Gasteiger partial charge is 0.345 e. The first-order valence-corrected chi connectivity index (χ1v) is 11.7. The Labute approximate surface area is 183 Å². The molecule has 0 atom stereocenters. The van der Waals surface area contributed by atoms with Crippen molar-refractivity contribution in [2.75, 3.05) is 6.61 Å². The first-order valence-electron chi connectivity index (χ1n) is 10.4. The molecule has 0 N–H and O–H groups in total. The molecule has 1 heterocycles. The molecule has 6 heteroatoms. The van der Waals surface area contributed by atoms with E-state index in [9.17, 15) is 13.6 Å². The second-order valence-corrected chi connectivity index (χ2v) is 9.77. The van der Waals surface area contributed by atoms with Crippen molar-refractivity contribution < 1.29 is 23.0 Å². The standard InChI is InChI=1S/C25H25F2O3S/c1-17-13-20(31-11-5-6-12-31)14-18(2)24(17)29-16-23(28)30-25(9-3-4-10-25)19-7-8-21(26)22(27)15-19/h5-8,11-15H,3-4,9-10,16H2,1-2H3/q+1. The minimum atomic E-state index is -0.935. The van der Waals surface area contributed by atoms with Gasteiger partial charge in [0.25, 0.3) is 0 Å². The highest BCUT2D eigenvalue weighted by molar-refractivity contribution is 7.36. The van der Waals surface area contributed by atoms with Gasteiger partial charge in [0, 0.05) is 22.6 Å². The van der Waals surface area contributed by atoms with E-state index in [0.717, 1.165) is 36.1 Å². The number of benzene rings is 2. The number of rotatable bonds is 6. The largest absolute Gasteiger partial charge is 0.481 e. The zero-order valence-electron chi connectivity index (χ0n) is 17.6. The Bertz CT molecular complexity index is 1060. The van der Waals surface area contributed by atoms with Crippen LogP contribution in [0.1, 0.15) is 42.4 Å². The fourth-order valence-electron chi connectivity index (χ4n) is 4.29. The third-order valence-electron chi connectivity index (χ3n) is 5.77. The summed E-state index contributed by atoms with van der Waals surface area (Å²) in [5, 5.41) is 4.32. The predicted octanol–water partition coefficient (Wildman–Crippen LogP) is 6.71. The predicted molar refractivity (Wildman–Crippen MR) is 118 cm³/mol. The molecule has 1 aromatic heterocycles. The molecule has 0 saturated heterocycles. The highest BCUT2D eigenvalue weighted by Crippen LogP contribution is 2.43. The molecule has 3 aromatic rings. The monoisotopic (exact) mass is 443 g/mol. The molecule has 4 rings (SSSR count). The minimum Gasteiger partial charge on any atom is -0.481 e. The average molecular weight is 444 g/mol. The number of carbonyl (C=O) groups is 1. The maximum atomic E-state index is 13.8. The van der Waals surface area contributed by atoms with Gasteiger partial charge < -0.3 is 9.47 Å². The zero-order valence-corrected chi connectivity index (χ0v) is 18.4. The summed E-state index contributed by atoms with van der Waals surface area (Å²) in [7, 11) is -0.0318. The molecule has 0 spiro atoms. The normalized spacial score (nSPS) is 15.1. The van der Waals surface area contributed by atoms with E-state index in [4.69, 9.17) is 9.47 Å². The third kappa shape index (κ3) is 4.49. The van der Waals surface area contributed by atoms with Crippen LogP contribution in [0.2, 0.25) is 0 Å². The molecule has 1 aliphatic rings. The number of hydrogen-bond acceptors (Lipinski definition) is 3. The summed E-state index contributed by atoms with van der Waals surface area (Å²) < 4.78 is 38.8. The number of thiophene rings is 1. The van der Waals surface area contributed by atoms with Gasteiger partial charge in [0.15, 0.2) is 23.1 Å². The number of ether oxygens (including phenoxy) is 2. The molecule has 31 heavy (non-hydrogen) atoms. The first kappa shape index (κ1) is 21.5. The maximum Gasteiger partial charge on any atom is 0.345 e. The molecule has 0 amide bonds. The summed E-state index contributed by atoms with van der Waals surface area (Å²) in [6.45, 7) is 3.69. The Morgan fingerprint density at radius 3 is 2.26 bits per heavy atom. The highest BCUT2D eigenvalue weighted by Gasteiger charge is 2.40. The third-order valence-corrected chi connectivity index (χ3v) is 7.45. The van der Waals surface area contributed by atoms with E-state index in [1.165, 1.54) is 11.0 Å². The van der Waals surface area contributed by atoms with Gasteiger partial charge in [-0.05, 0) is 80.5 Å². The number of hydrogen-bond donors (Lipinski definition) is 0. The molecule has 0 aliphatic heterocycles. The van der Waals surface area contributed by atoms with Crippen LogP contribution in [-0.2, 0) is 15.1 Å². The van der Waals surface area contributed by atoms with Crippen LogP contribution >= 0.6 is 10.5 Å². The van der Waals surface area contributed by atoms with Crippen LogP contribution in [0.25, 0.3) is 4.90 Å². The SMILES string of the molecule is Cc1cc(-[s+]2cccc2)cc(C)c1OCC(=O)OC1(c2ccc(F)c(F)c2)CCCC1. The Hall–Kier alpha value is -2.73. The fraction of sp³-hybridized carbons (Fsp3) is 0.320. The molecule has 2 aromatic carbocycles. The van der Waals surface area contributed by atoms with Gasteiger partial charge in [0.05, 0.1) is 0 Å². The molecule has 1 fully saturated rings. The van der Waals surface area contributed by atoms with Crippen molar-refractivity contribution in [3.8, 4) is 10.6 Å². The van der Waals surface area contributed by atoms with Gasteiger partial charge in [-0.2, -0.15) is 0 Å². The van der Waals surface area contributed by atoms with E-state index >= 15 is 0 Å². The second-order valence-electron chi connectivity index (χ2n) is 8.01. The van der Waals surface area contributed by atoms with Crippen molar-refractivity contribution in [2.45, 2.75) is 45.1 Å². The lowest BCUT2D eigenvalue weighted by atomic mass is 9.91. The summed E-state index contributed by atoms with van der Waals surface area (Å²) in [5.74, 6) is -1.69. The summed E-state index contributed by atoms with van der Waals surface area (Å²) in [6, 6.07) is 12.0. The molecule has 0 bridgehead atoms. The Morgan fingerprint density at radius 2 is 1.65 bits per heavy atom. The Balaban J connectivity index is 1.47. The average Bonchev–Trinajstić information content (AvgIpc) is 3.42. The van der Waals surface area contributed by atoms with Crippen LogP contribution in [0.5, 0.6) is 5.75 Å². The topological polar surface area (TPSA) is 35.5 Å². The van der Waals surface area contributed by atoms with E-state index in [2.05, 4.69) is 22.9 Å². The summed E-state index contributed by atoms with van der Waals surface area (Å²) in [5.41, 5.74) is 1.48. The van der Waals surface area contributed by atoms with Crippen LogP contribution in [-0.4, -0.2) is 12.6 Å². The molecule has 1 saturated carbocycles. The Kier molecular flexibility index (Phi) is 6.10. The van der Waals surface area contributed by atoms with Crippen LogP contribution in [0.3, 0.4) is 0 Å². The lowest BCUT2D eigenvalue weighted by Crippen LogP contribution is -2.32. The number of halogens is 2. The lowest BCUT2D eigenvalue weighted by molar-refractivity contribution is -0.163. The second kappa shape index (κ2) is 8.79. The van der Waals surface area contributed by atoms with Crippen LogP contribution in [0, 0.1) is 25.5 Å². The summed E-state index contributed by atoms with van der Waals surface area (Å²) in [4.78, 5) is 13.9. The minimum absolute atomic E-state index is 0.0318. The van der Waals surface area contributed by atoms with Gasteiger partial charge in [-0.1, -0.05) is 6.07 Å². The van der Waals surface area contributed by atoms with Gasteiger partial charge in [-0.15, -0.1) is 0 Å². The van der Waals surface area contributed by atoms with Gasteiger partial charge in [0.2, 0.25) is 0 Å². The van der Waals surface area contributed by atoms with Gasteiger partial charge >= 0.3 is 5.97 Å². The molecule has 162 valence electrons.